The quantitative estimate of drug-likeness (QED) is 0.824. The summed E-state index contributed by atoms with van der Waals surface area (Å²) in [7, 11) is 0. The number of aryl methyl sites for hydroxylation is 1. The van der Waals surface area contributed by atoms with E-state index in [1.54, 1.807) is 18.0 Å². The molecule has 7 nitrogen and oxygen atoms in total. The summed E-state index contributed by atoms with van der Waals surface area (Å²) in [5, 5.41) is 0. The van der Waals surface area contributed by atoms with Crippen LogP contribution in [0.1, 0.15) is 28.4 Å². The third kappa shape index (κ3) is 3.05. The summed E-state index contributed by atoms with van der Waals surface area (Å²) < 4.78 is 17.0. The Morgan fingerprint density at radius 2 is 2.28 bits per heavy atom. The van der Waals surface area contributed by atoms with E-state index in [-0.39, 0.29) is 17.4 Å². The molecular weight excluding hydrogens is 322 g/mol. The maximum absolute atomic E-state index is 12.5. The molecule has 4 heterocycles. The van der Waals surface area contributed by atoms with Crippen LogP contribution in [-0.4, -0.2) is 52.7 Å². The topological polar surface area (TPSA) is 77.7 Å². The van der Waals surface area contributed by atoms with Crippen LogP contribution in [0.15, 0.2) is 35.2 Å². The summed E-state index contributed by atoms with van der Waals surface area (Å²) in [4.78, 5) is 22.4. The van der Waals surface area contributed by atoms with E-state index in [9.17, 15) is 4.79 Å². The van der Waals surface area contributed by atoms with Crippen molar-refractivity contribution in [3.63, 3.8) is 0 Å². The highest BCUT2D eigenvalue weighted by Gasteiger charge is 2.55. The largest absolute Gasteiger partial charge is 0.438 e. The molecule has 132 valence electrons. The van der Waals surface area contributed by atoms with E-state index >= 15 is 0 Å². The molecule has 1 spiro atoms. The summed E-state index contributed by atoms with van der Waals surface area (Å²) >= 11 is 0. The molecule has 0 aliphatic carbocycles. The van der Waals surface area contributed by atoms with Gasteiger partial charge in [-0.15, -0.1) is 0 Å². The summed E-state index contributed by atoms with van der Waals surface area (Å²) in [6.07, 6.45) is 4.02. The monoisotopic (exact) mass is 343 g/mol. The smallest absolute Gasteiger partial charge is 0.291 e. The molecule has 2 saturated heterocycles. The lowest BCUT2D eigenvalue weighted by Crippen LogP contribution is -2.66. The van der Waals surface area contributed by atoms with E-state index in [0.29, 0.717) is 44.4 Å². The van der Waals surface area contributed by atoms with Gasteiger partial charge in [-0.25, -0.2) is 4.98 Å². The van der Waals surface area contributed by atoms with Gasteiger partial charge in [0.05, 0.1) is 37.7 Å². The molecule has 4 rings (SSSR count). The van der Waals surface area contributed by atoms with Crippen LogP contribution in [0.3, 0.4) is 0 Å². The SMILES string of the molecule is Cc1ncoc1C(=O)N1CC2(C1)OCC[C@H]2COCc1ccccn1. The number of hydrogen-bond donors (Lipinski definition) is 0. The van der Waals surface area contributed by atoms with Crippen molar-refractivity contribution in [1.82, 2.24) is 14.9 Å². The predicted octanol–water partition coefficient (Wildman–Crippen LogP) is 1.83. The van der Waals surface area contributed by atoms with E-state index < -0.39 is 0 Å². The van der Waals surface area contributed by atoms with Gasteiger partial charge in [-0.05, 0) is 25.5 Å². The average Bonchev–Trinajstić information content (AvgIpc) is 3.20. The maximum atomic E-state index is 12.5. The van der Waals surface area contributed by atoms with Crippen LogP contribution in [0.2, 0.25) is 0 Å². The number of carbonyl (C=O) groups is 1. The molecule has 2 aromatic rings. The Morgan fingerprint density at radius 1 is 1.40 bits per heavy atom. The molecule has 1 amide bonds. The second kappa shape index (κ2) is 6.57. The van der Waals surface area contributed by atoms with Crippen LogP contribution in [0, 0.1) is 12.8 Å². The van der Waals surface area contributed by atoms with Crippen LogP contribution in [-0.2, 0) is 16.1 Å². The van der Waals surface area contributed by atoms with Crippen molar-refractivity contribution in [2.75, 3.05) is 26.3 Å². The van der Waals surface area contributed by atoms with E-state index in [2.05, 4.69) is 9.97 Å². The van der Waals surface area contributed by atoms with Crippen LogP contribution in [0.25, 0.3) is 0 Å². The molecule has 2 aromatic heterocycles. The zero-order valence-corrected chi connectivity index (χ0v) is 14.2. The van der Waals surface area contributed by atoms with Crippen molar-refractivity contribution in [2.24, 2.45) is 5.92 Å². The minimum atomic E-state index is -0.284. The number of likely N-dealkylation sites (tertiary alicyclic amines) is 1. The number of carbonyl (C=O) groups excluding carboxylic acids is 1. The lowest BCUT2D eigenvalue weighted by atomic mass is 9.81. The fourth-order valence-electron chi connectivity index (χ4n) is 3.55. The number of hydrogen-bond acceptors (Lipinski definition) is 6. The zero-order chi connectivity index (χ0) is 17.3. The molecule has 25 heavy (non-hydrogen) atoms. The van der Waals surface area contributed by atoms with Crippen molar-refractivity contribution in [3.8, 4) is 0 Å². The molecule has 0 saturated carbocycles. The Labute approximate surface area is 146 Å². The highest BCUT2D eigenvalue weighted by atomic mass is 16.5. The minimum absolute atomic E-state index is 0.121. The molecule has 0 bridgehead atoms. The fourth-order valence-corrected chi connectivity index (χ4v) is 3.55. The van der Waals surface area contributed by atoms with Gasteiger partial charge >= 0.3 is 0 Å². The van der Waals surface area contributed by atoms with Crippen molar-refractivity contribution in [1.29, 1.82) is 0 Å². The first-order chi connectivity index (χ1) is 12.2. The zero-order valence-electron chi connectivity index (χ0n) is 14.2. The van der Waals surface area contributed by atoms with Crippen LogP contribution in [0.4, 0.5) is 0 Å². The van der Waals surface area contributed by atoms with E-state index in [1.807, 2.05) is 18.2 Å². The number of amides is 1. The van der Waals surface area contributed by atoms with Crippen molar-refractivity contribution < 1.29 is 18.7 Å². The maximum Gasteiger partial charge on any atom is 0.291 e. The predicted molar refractivity (Wildman–Crippen MR) is 87.8 cm³/mol. The molecule has 7 heteroatoms. The lowest BCUT2D eigenvalue weighted by molar-refractivity contribution is -0.129. The van der Waals surface area contributed by atoms with Gasteiger partial charge in [-0.1, -0.05) is 6.07 Å². The van der Waals surface area contributed by atoms with Crippen LogP contribution >= 0.6 is 0 Å². The molecule has 2 aliphatic heterocycles. The van der Waals surface area contributed by atoms with Gasteiger partial charge in [-0.3, -0.25) is 9.78 Å². The summed E-state index contributed by atoms with van der Waals surface area (Å²) in [5.41, 5.74) is 1.25. The van der Waals surface area contributed by atoms with Crippen LogP contribution in [0.5, 0.6) is 0 Å². The lowest BCUT2D eigenvalue weighted by Gasteiger charge is -2.49. The summed E-state index contributed by atoms with van der Waals surface area (Å²) in [5.74, 6) is 0.483. The van der Waals surface area contributed by atoms with Gasteiger partial charge in [0.25, 0.3) is 5.91 Å². The third-order valence-corrected chi connectivity index (χ3v) is 5.04. The normalized spacial score (nSPS) is 21.5. The van der Waals surface area contributed by atoms with E-state index in [1.165, 1.54) is 6.39 Å². The van der Waals surface area contributed by atoms with Gasteiger partial charge in [0.1, 0.15) is 5.60 Å². The van der Waals surface area contributed by atoms with Gasteiger partial charge in [0.2, 0.25) is 5.76 Å². The fraction of sp³-hybridized carbons (Fsp3) is 0.500. The Kier molecular flexibility index (Phi) is 4.27. The van der Waals surface area contributed by atoms with Gasteiger partial charge < -0.3 is 18.8 Å². The first-order valence-corrected chi connectivity index (χ1v) is 8.49. The number of nitrogens with zero attached hydrogens (tertiary/aromatic N) is 3. The van der Waals surface area contributed by atoms with Gasteiger partial charge in [0.15, 0.2) is 6.39 Å². The molecule has 2 fully saturated rings. The molecule has 0 N–H and O–H groups in total. The highest BCUT2D eigenvalue weighted by molar-refractivity contribution is 5.93. The first kappa shape index (κ1) is 16.2. The molecular formula is C18H21N3O4. The Hall–Kier alpha value is -2.25. The Balaban J connectivity index is 1.32. The van der Waals surface area contributed by atoms with E-state index in [4.69, 9.17) is 13.9 Å². The third-order valence-electron chi connectivity index (χ3n) is 5.04. The number of rotatable bonds is 5. The molecule has 2 aliphatic rings. The second-order valence-electron chi connectivity index (χ2n) is 6.66. The molecule has 0 radical (unpaired) electrons. The second-order valence-corrected chi connectivity index (χ2v) is 6.66. The van der Waals surface area contributed by atoms with Gasteiger partial charge in [0, 0.05) is 18.7 Å². The first-order valence-electron chi connectivity index (χ1n) is 8.49. The number of pyridine rings is 1. The summed E-state index contributed by atoms with van der Waals surface area (Å²) in [6.45, 7) is 4.73. The highest BCUT2D eigenvalue weighted by Crippen LogP contribution is 2.40. The Morgan fingerprint density at radius 3 is 3.00 bits per heavy atom. The number of oxazole rings is 1. The molecule has 0 unspecified atom stereocenters. The minimum Gasteiger partial charge on any atom is -0.438 e. The molecule has 1 atom stereocenters. The molecule has 0 aromatic carbocycles. The van der Waals surface area contributed by atoms with Crippen molar-refractivity contribution in [2.45, 2.75) is 25.6 Å². The van der Waals surface area contributed by atoms with Crippen molar-refractivity contribution >= 4 is 5.91 Å². The van der Waals surface area contributed by atoms with Crippen LogP contribution < -0.4 is 0 Å². The van der Waals surface area contributed by atoms with Crippen molar-refractivity contribution in [3.05, 3.63) is 47.9 Å². The number of ether oxygens (including phenoxy) is 2. The Bertz CT molecular complexity index is 740. The number of aromatic nitrogens is 2. The van der Waals surface area contributed by atoms with E-state index in [0.717, 1.165) is 12.1 Å². The average molecular weight is 343 g/mol. The summed E-state index contributed by atoms with van der Waals surface area (Å²) in [6, 6.07) is 5.79. The van der Waals surface area contributed by atoms with Gasteiger partial charge in [-0.2, -0.15) is 0 Å². The standard InChI is InChI=1S/C18H21N3O4/c1-13-16(24-12-20-13)17(22)21-10-18(11-21)14(5-7-25-18)8-23-9-15-4-2-3-6-19-15/h2-4,6,12,14H,5,7-11H2,1H3/t14-/m0/s1.